The standard InChI is InChI=1S/C19H26O3S/c1-11(2)15-10-14-8-7-9-16(23(20,21)22)19(14)18(13(5)6)17(15)12(3)4/h7-13H,1-6H3,(H,20,21,22). The van der Waals surface area contributed by atoms with Crippen molar-refractivity contribution in [2.45, 2.75) is 64.2 Å². The predicted molar refractivity (Wildman–Crippen MR) is 96.0 cm³/mol. The van der Waals surface area contributed by atoms with E-state index in [-0.39, 0.29) is 16.7 Å². The van der Waals surface area contributed by atoms with E-state index < -0.39 is 10.1 Å². The normalized spacial score (nSPS) is 12.8. The molecule has 4 heteroatoms. The second-order valence-corrected chi connectivity index (χ2v) is 8.48. The summed E-state index contributed by atoms with van der Waals surface area (Å²) in [6, 6.07) is 7.18. The Bertz CT molecular complexity index is 831. The van der Waals surface area contributed by atoms with Crippen LogP contribution in [0.2, 0.25) is 0 Å². The molecule has 0 unspecified atom stereocenters. The lowest BCUT2D eigenvalue weighted by Crippen LogP contribution is -2.09. The lowest BCUT2D eigenvalue weighted by molar-refractivity contribution is 0.484. The van der Waals surface area contributed by atoms with Gasteiger partial charge in [0.25, 0.3) is 10.1 Å². The Morgan fingerprint density at radius 1 is 0.870 bits per heavy atom. The molecule has 23 heavy (non-hydrogen) atoms. The van der Waals surface area contributed by atoms with E-state index in [1.165, 1.54) is 17.2 Å². The van der Waals surface area contributed by atoms with E-state index in [4.69, 9.17) is 0 Å². The van der Waals surface area contributed by atoms with Crippen LogP contribution in [0.15, 0.2) is 29.2 Å². The van der Waals surface area contributed by atoms with E-state index in [1.54, 1.807) is 6.07 Å². The van der Waals surface area contributed by atoms with Crippen molar-refractivity contribution in [2.75, 3.05) is 0 Å². The predicted octanol–water partition coefficient (Wildman–Crippen LogP) is 5.46. The molecular weight excluding hydrogens is 308 g/mol. The lowest BCUT2D eigenvalue weighted by atomic mass is 9.80. The zero-order valence-corrected chi connectivity index (χ0v) is 15.5. The van der Waals surface area contributed by atoms with Crippen LogP contribution in [0.5, 0.6) is 0 Å². The maximum atomic E-state index is 11.9. The van der Waals surface area contributed by atoms with Gasteiger partial charge in [0.2, 0.25) is 0 Å². The fraction of sp³-hybridized carbons (Fsp3) is 0.474. The minimum atomic E-state index is -4.26. The van der Waals surface area contributed by atoms with Gasteiger partial charge in [0.1, 0.15) is 4.90 Å². The summed E-state index contributed by atoms with van der Waals surface area (Å²) in [6.45, 7) is 12.7. The van der Waals surface area contributed by atoms with Crippen molar-refractivity contribution in [1.29, 1.82) is 0 Å². The van der Waals surface area contributed by atoms with Crippen molar-refractivity contribution in [3.8, 4) is 0 Å². The van der Waals surface area contributed by atoms with Crippen molar-refractivity contribution in [2.24, 2.45) is 0 Å². The van der Waals surface area contributed by atoms with Crippen LogP contribution in [0.25, 0.3) is 10.8 Å². The van der Waals surface area contributed by atoms with Crippen LogP contribution in [0, 0.1) is 0 Å². The van der Waals surface area contributed by atoms with Crippen LogP contribution in [-0.2, 0) is 10.1 Å². The molecule has 0 heterocycles. The minimum absolute atomic E-state index is 0.0101. The Morgan fingerprint density at radius 2 is 1.43 bits per heavy atom. The van der Waals surface area contributed by atoms with Gasteiger partial charge < -0.3 is 0 Å². The highest BCUT2D eigenvalue weighted by atomic mass is 32.2. The molecule has 126 valence electrons. The Balaban J connectivity index is 3.13. The number of fused-ring (bicyclic) bond motifs is 1. The molecule has 0 aromatic heterocycles. The molecule has 2 rings (SSSR count). The summed E-state index contributed by atoms with van der Waals surface area (Å²) < 4.78 is 33.4. The third kappa shape index (κ3) is 3.29. The highest BCUT2D eigenvalue weighted by Gasteiger charge is 2.24. The summed E-state index contributed by atoms with van der Waals surface area (Å²) >= 11 is 0. The van der Waals surface area contributed by atoms with Gasteiger partial charge in [0, 0.05) is 5.39 Å². The second kappa shape index (κ2) is 6.25. The van der Waals surface area contributed by atoms with Crippen LogP contribution in [0.3, 0.4) is 0 Å². The van der Waals surface area contributed by atoms with Crippen molar-refractivity contribution in [3.05, 3.63) is 41.0 Å². The molecule has 2 aromatic carbocycles. The molecule has 0 aliphatic carbocycles. The maximum absolute atomic E-state index is 11.9. The number of rotatable bonds is 4. The van der Waals surface area contributed by atoms with Gasteiger partial charge in [-0.05, 0) is 45.9 Å². The summed E-state index contributed by atoms with van der Waals surface area (Å²) in [5.41, 5.74) is 3.50. The maximum Gasteiger partial charge on any atom is 0.295 e. The zero-order valence-electron chi connectivity index (χ0n) is 14.7. The van der Waals surface area contributed by atoms with Crippen molar-refractivity contribution in [3.63, 3.8) is 0 Å². The van der Waals surface area contributed by atoms with Crippen LogP contribution in [0.4, 0.5) is 0 Å². The largest absolute Gasteiger partial charge is 0.295 e. The summed E-state index contributed by atoms with van der Waals surface area (Å²) in [5.74, 6) is 0.795. The van der Waals surface area contributed by atoms with Crippen LogP contribution in [0.1, 0.15) is 76.0 Å². The average Bonchev–Trinajstić information content (AvgIpc) is 2.42. The molecule has 0 saturated carbocycles. The molecule has 0 aliphatic rings. The van der Waals surface area contributed by atoms with E-state index in [1.807, 2.05) is 6.07 Å². The summed E-state index contributed by atoms with van der Waals surface area (Å²) in [4.78, 5) is 0.0101. The summed E-state index contributed by atoms with van der Waals surface area (Å²) in [6.07, 6.45) is 0. The molecule has 0 atom stereocenters. The molecule has 0 saturated heterocycles. The van der Waals surface area contributed by atoms with E-state index in [0.29, 0.717) is 11.3 Å². The number of benzene rings is 2. The van der Waals surface area contributed by atoms with Gasteiger partial charge in [-0.15, -0.1) is 0 Å². The van der Waals surface area contributed by atoms with Crippen molar-refractivity contribution < 1.29 is 13.0 Å². The van der Waals surface area contributed by atoms with Crippen LogP contribution in [-0.4, -0.2) is 13.0 Å². The smallest absolute Gasteiger partial charge is 0.282 e. The van der Waals surface area contributed by atoms with E-state index in [2.05, 4.69) is 47.6 Å². The van der Waals surface area contributed by atoms with E-state index >= 15 is 0 Å². The van der Waals surface area contributed by atoms with Gasteiger partial charge in [-0.1, -0.05) is 59.7 Å². The monoisotopic (exact) mass is 334 g/mol. The van der Waals surface area contributed by atoms with E-state index in [9.17, 15) is 13.0 Å². The number of hydrogen-bond acceptors (Lipinski definition) is 2. The molecule has 0 amide bonds. The highest BCUT2D eigenvalue weighted by molar-refractivity contribution is 7.86. The zero-order chi connectivity index (χ0) is 17.5. The molecule has 1 N–H and O–H groups in total. The molecule has 3 nitrogen and oxygen atoms in total. The van der Waals surface area contributed by atoms with Crippen LogP contribution < -0.4 is 0 Å². The average molecular weight is 334 g/mol. The van der Waals surface area contributed by atoms with Crippen molar-refractivity contribution >= 4 is 20.9 Å². The van der Waals surface area contributed by atoms with Gasteiger partial charge in [0.05, 0.1) is 0 Å². The third-order valence-corrected chi connectivity index (χ3v) is 5.19. The van der Waals surface area contributed by atoms with Crippen LogP contribution >= 0.6 is 0 Å². The molecular formula is C19H26O3S. The molecule has 0 fully saturated rings. The van der Waals surface area contributed by atoms with Gasteiger partial charge in [-0.25, -0.2) is 0 Å². The molecule has 0 spiro atoms. The Labute approximate surface area is 139 Å². The molecule has 0 radical (unpaired) electrons. The van der Waals surface area contributed by atoms with Gasteiger partial charge in [-0.3, -0.25) is 4.55 Å². The first-order valence-electron chi connectivity index (χ1n) is 8.12. The first-order chi connectivity index (χ1) is 10.6. The quantitative estimate of drug-likeness (QED) is 0.756. The van der Waals surface area contributed by atoms with Crippen molar-refractivity contribution in [1.82, 2.24) is 0 Å². The Kier molecular flexibility index (Phi) is 4.88. The lowest BCUT2D eigenvalue weighted by Gasteiger charge is -2.25. The summed E-state index contributed by atoms with van der Waals surface area (Å²) in [7, 11) is -4.26. The first-order valence-corrected chi connectivity index (χ1v) is 9.56. The molecule has 0 aliphatic heterocycles. The second-order valence-electron chi connectivity index (χ2n) is 7.09. The van der Waals surface area contributed by atoms with Gasteiger partial charge >= 0.3 is 0 Å². The van der Waals surface area contributed by atoms with E-state index in [0.717, 1.165) is 10.9 Å². The fourth-order valence-corrected chi connectivity index (χ4v) is 4.17. The minimum Gasteiger partial charge on any atom is -0.282 e. The summed E-state index contributed by atoms with van der Waals surface area (Å²) in [5, 5.41) is 1.54. The molecule has 2 aromatic rings. The number of hydrogen-bond donors (Lipinski definition) is 1. The Hall–Kier alpha value is -1.39. The topological polar surface area (TPSA) is 54.4 Å². The van der Waals surface area contributed by atoms with Gasteiger partial charge in [-0.2, -0.15) is 8.42 Å². The third-order valence-electron chi connectivity index (χ3n) is 4.29. The Morgan fingerprint density at radius 3 is 1.87 bits per heavy atom. The first kappa shape index (κ1) is 18.0. The van der Waals surface area contributed by atoms with Gasteiger partial charge in [0.15, 0.2) is 0 Å². The molecule has 0 bridgehead atoms. The SMILES string of the molecule is CC(C)c1cc2cccc(S(=O)(=O)O)c2c(C(C)C)c1C(C)C. The highest BCUT2D eigenvalue weighted by Crippen LogP contribution is 2.40. The fourth-order valence-electron chi connectivity index (χ4n) is 3.43.